The topological polar surface area (TPSA) is 40.5 Å². The minimum Gasteiger partial charge on any atom is -0.381 e. The maximum atomic E-state index is 11.8. The van der Waals surface area contributed by atoms with Gasteiger partial charge >= 0.3 is 0 Å². The summed E-state index contributed by atoms with van der Waals surface area (Å²) in [6.45, 7) is 6.90. The zero-order valence-electron chi connectivity index (χ0n) is 9.42. The van der Waals surface area contributed by atoms with Gasteiger partial charge in [0.25, 0.3) is 5.91 Å². The fourth-order valence-corrected chi connectivity index (χ4v) is 1.97. The standard InChI is InChI=1S/C11H21NO2/c1-4-9-6-5-7-12(8-9)10(13)11(2,3)14/h9,14H,4-8H2,1-3H3. The Morgan fingerprint density at radius 3 is 2.71 bits per heavy atom. The lowest BCUT2D eigenvalue weighted by atomic mass is 9.94. The molecule has 14 heavy (non-hydrogen) atoms. The Morgan fingerprint density at radius 1 is 1.57 bits per heavy atom. The summed E-state index contributed by atoms with van der Waals surface area (Å²) in [4.78, 5) is 13.6. The van der Waals surface area contributed by atoms with Gasteiger partial charge < -0.3 is 10.0 Å². The first-order valence-electron chi connectivity index (χ1n) is 5.47. The van der Waals surface area contributed by atoms with Gasteiger partial charge in [0.1, 0.15) is 5.60 Å². The highest BCUT2D eigenvalue weighted by Crippen LogP contribution is 2.21. The third kappa shape index (κ3) is 2.71. The molecular formula is C11H21NO2. The maximum absolute atomic E-state index is 11.8. The van der Waals surface area contributed by atoms with E-state index in [1.165, 1.54) is 6.42 Å². The Hall–Kier alpha value is -0.570. The van der Waals surface area contributed by atoms with Crippen LogP contribution in [0.25, 0.3) is 0 Å². The van der Waals surface area contributed by atoms with E-state index in [9.17, 15) is 9.90 Å². The van der Waals surface area contributed by atoms with Crippen LogP contribution in [0, 0.1) is 5.92 Å². The van der Waals surface area contributed by atoms with Crippen LogP contribution < -0.4 is 0 Å². The maximum Gasteiger partial charge on any atom is 0.253 e. The highest BCUT2D eigenvalue weighted by molar-refractivity contribution is 5.84. The minimum atomic E-state index is -1.21. The van der Waals surface area contributed by atoms with Gasteiger partial charge in [0.15, 0.2) is 0 Å². The number of hydrogen-bond acceptors (Lipinski definition) is 2. The van der Waals surface area contributed by atoms with E-state index in [0.717, 1.165) is 25.9 Å². The molecule has 1 amide bonds. The van der Waals surface area contributed by atoms with Gasteiger partial charge in [-0.2, -0.15) is 0 Å². The first-order chi connectivity index (χ1) is 6.45. The lowest BCUT2D eigenvalue weighted by molar-refractivity contribution is -0.149. The van der Waals surface area contributed by atoms with E-state index in [-0.39, 0.29) is 5.91 Å². The molecule has 3 nitrogen and oxygen atoms in total. The number of hydrogen-bond donors (Lipinski definition) is 1. The molecule has 1 aliphatic heterocycles. The molecule has 0 spiro atoms. The lowest BCUT2D eigenvalue weighted by Crippen LogP contribution is -2.49. The summed E-state index contributed by atoms with van der Waals surface area (Å²) >= 11 is 0. The smallest absolute Gasteiger partial charge is 0.253 e. The van der Waals surface area contributed by atoms with Crippen molar-refractivity contribution in [2.45, 2.75) is 45.6 Å². The van der Waals surface area contributed by atoms with Gasteiger partial charge in [-0.05, 0) is 32.6 Å². The second-order valence-electron chi connectivity index (χ2n) is 4.73. The average Bonchev–Trinajstić information content (AvgIpc) is 2.15. The van der Waals surface area contributed by atoms with E-state index in [2.05, 4.69) is 6.92 Å². The van der Waals surface area contributed by atoms with Gasteiger partial charge in [-0.15, -0.1) is 0 Å². The molecule has 0 radical (unpaired) electrons. The molecule has 1 fully saturated rings. The highest BCUT2D eigenvalue weighted by Gasteiger charge is 2.31. The van der Waals surface area contributed by atoms with Crippen LogP contribution in [0.5, 0.6) is 0 Å². The molecule has 0 bridgehead atoms. The molecule has 0 aromatic rings. The number of nitrogens with zero attached hydrogens (tertiary/aromatic N) is 1. The molecule has 1 saturated heterocycles. The van der Waals surface area contributed by atoms with E-state index in [4.69, 9.17) is 0 Å². The fourth-order valence-electron chi connectivity index (χ4n) is 1.97. The molecular weight excluding hydrogens is 178 g/mol. The van der Waals surface area contributed by atoms with Gasteiger partial charge in [0, 0.05) is 13.1 Å². The van der Waals surface area contributed by atoms with Crippen LogP contribution >= 0.6 is 0 Å². The largest absolute Gasteiger partial charge is 0.381 e. The van der Waals surface area contributed by atoms with Gasteiger partial charge in [0.2, 0.25) is 0 Å². The summed E-state index contributed by atoms with van der Waals surface area (Å²) in [7, 11) is 0. The summed E-state index contributed by atoms with van der Waals surface area (Å²) < 4.78 is 0. The van der Waals surface area contributed by atoms with Crippen molar-refractivity contribution in [1.29, 1.82) is 0 Å². The van der Waals surface area contributed by atoms with Crippen LogP contribution in [0.2, 0.25) is 0 Å². The van der Waals surface area contributed by atoms with Crippen molar-refractivity contribution in [3.05, 3.63) is 0 Å². The van der Waals surface area contributed by atoms with Crippen LogP contribution in [-0.4, -0.2) is 34.6 Å². The number of aliphatic hydroxyl groups is 1. The monoisotopic (exact) mass is 199 g/mol. The molecule has 0 aromatic carbocycles. The van der Waals surface area contributed by atoms with E-state index in [1.54, 1.807) is 18.7 Å². The van der Waals surface area contributed by atoms with Crippen LogP contribution in [0.3, 0.4) is 0 Å². The molecule has 82 valence electrons. The van der Waals surface area contributed by atoms with Gasteiger partial charge in [-0.1, -0.05) is 13.3 Å². The third-order valence-electron chi connectivity index (χ3n) is 2.91. The Bertz CT molecular complexity index is 208. The zero-order valence-corrected chi connectivity index (χ0v) is 9.42. The van der Waals surface area contributed by atoms with Crippen LogP contribution in [0.1, 0.15) is 40.0 Å². The molecule has 0 aromatic heterocycles. The number of amides is 1. The predicted molar refractivity (Wildman–Crippen MR) is 55.9 cm³/mol. The molecule has 1 rings (SSSR count). The van der Waals surface area contributed by atoms with Gasteiger partial charge in [0.05, 0.1) is 0 Å². The lowest BCUT2D eigenvalue weighted by Gasteiger charge is -2.35. The van der Waals surface area contributed by atoms with E-state index < -0.39 is 5.60 Å². The number of rotatable bonds is 2. The summed E-state index contributed by atoms with van der Waals surface area (Å²) in [5.41, 5.74) is -1.21. The van der Waals surface area contributed by atoms with Crippen molar-refractivity contribution in [3.63, 3.8) is 0 Å². The molecule has 0 saturated carbocycles. The molecule has 1 aliphatic rings. The van der Waals surface area contributed by atoms with Crippen LogP contribution in [-0.2, 0) is 4.79 Å². The van der Waals surface area contributed by atoms with Gasteiger partial charge in [-0.25, -0.2) is 0 Å². The normalized spacial score (nSPS) is 23.7. The average molecular weight is 199 g/mol. The highest BCUT2D eigenvalue weighted by atomic mass is 16.3. The second-order valence-corrected chi connectivity index (χ2v) is 4.73. The van der Waals surface area contributed by atoms with Crippen molar-refractivity contribution in [3.8, 4) is 0 Å². The van der Waals surface area contributed by atoms with Crippen molar-refractivity contribution in [1.82, 2.24) is 4.90 Å². The molecule has 1 heterocycles. The van der Waals surface area contributed by atoms with Crippen LogP contribution in [0.4, 0.5) is 0 Å². The summed E-state index contributed by atoms with van der Waals surface area (Å²) in [6.07, 6.45) is 3.40. The number of carbonyl (C=O) groups excluding carboxylic acids is 1. The summed E-state index contributed by atoms with van der Waals surface area (Å²) in [6, 6.07) is 0. The summed E-state index contributed by atoms with van der Waals surface area (Å²) in [5, 5.41) is 9.61. The number of piperidine rings is 1. The summed E-state index contributed by atoms with van der Waals surface area (Å²) in [5.74, 6) is 0.491. The molecule has 1 N–H and O–H groups in total. The first kappa shape index (κ1) is 11.5. The van der Waals surface area contributed by atoms with Gasteiger partial charge in [-0.3, -0.25) is 4.79 Å². The second kappa shape index (κ2) is 4.30. The fraction of sp³-hybridized carbons (Fsp3) is 0.909. The molecule has 0 aliphatic carbocycles. The number of likely N-dealkylation sites (tertiary alicyclic amines) is 1. The molecule has 3 heteroatoms. The minimum absolute atomic E-state index is 0.129. The third-order valence-corrected chi connectivity index (χ3v) is 2.91. The quantitative estimate of drug-likeness (QED) is 0.730. The molecule has 1 unspecified atom stereocenters. The van der Waals surface area contributed by atoms with Crippen LogP contribution in [0.15, 0.2) is 0 Å². The van der Waals surface area contributed by atoms with E-state index in [1.807, 2.05) is 0 Å². The Kier molecular flexibility index (Phi) is 3.53. The van der Waals surface area contributed by atoms with E-state index >= 15 is 0 Å². The Balaban J connectivity index is 2.56. The first-order valence-corrected chi connectivity index (χ1v) is 5.47. The van der Waals surface area contributed by atoms with E-state index in [0.29, 0.717) is 5.92 Å². The van der Waals surface area contributed by atoms with Crippen molar-refractivity contribution < 1.29 is 9.90 Å². The molecule has 1 atom stereocenters. The zero-order chi connectivity index (χ0) is 10.8. The Morgan fingerprint density at radius 2 is 2.21 bits per heavy atom. The number of carbonyl (C=O) groups is 1. The van der Waals surface area contributed by atoms with Crippen molar-refractivity contribution >= 4 is 5.91 Å². The predicted octanol–water partition coefficient (Wildman–Crippen LogP) is 1.41. The van der Waals surface area contributed by atoms with Crippen molar-refractivity contribution in [2.75, 3.05) is 13.1 Å². The Labute approximate surface area is 86.1 Å². The SMILES string of the molecule is CCC1CCCN(C(=O)C(C)(C)O)C1. The van der Waals surface area contributed by atoms with Crippen molar-refractivity contribution in [2.24, 2.45) is 5.92 Å².